The smallest absolute Gasteiger partial charge is 0.318 e. The number of amides is 3. The Morgan fingerprint density at radius 3 is 2.72 bits per heavy atom. The fourth-order valence-electron chi connectivity index (χ4n) is 4.09. The summed E-state index contributed by atoms with van der Waals surface area (Å²) in [6, 6.07) is 0.0921. The average molecular weight is 347 g/mol. The highest BCUT2D eigenvalue weighted by Crippen LogP contribution is 2.33. The number of aromatic amines is 1. The Balaban J connectivity index is 1.75. The Hall–Kier alpha value is -2.05. The Morgan fingerprint density at radius 1 is 1.24 bits per heavy atom. The maximum atomic E-state index is 13.0. The van der Waals surface area contributed by atoms with Crippen LogP contribution in [0.1, 0.15) is 61.5 Å². The fourth-order valence-corrected chi connectivity index (χ4v) is 4.09. The van der Waals surface area contributed by atoms with E-state index in [0.29, 0.717) is 13.0 Å². The van der Waals surface area contributed by atoms with E-state index in [1.807, 2.05) is 18.7 Å². The molecule has 0 aliphatic carbocycles. The average Bonchev–Trinajstić information content (AvgIpc) is 2.77. The lowest BCUT2D eigenvalue weighted by atomic mass is 9.99. The quantitative estimate of drug-likeness (QED) is 0.861. The molecule has 25 heavy (non-hydrogen) atoms. The predicted molar refractivity (Wildman–Crippen MR) is 95.2 cm³/mol. The molecule has 3 amide bonds. The molecule has 3 rings (SSSR count). The molecule has 1 aromatic heterocycles. The largest absolute Gasteiger partial charge is 0.344 e. The third-order valence-electron chi connectivity index (χ3n) is 5.49. The zero-order valence-electron chi connectivity index (χ0n) is 15.5. The zero-order chi connectivity index (χ0) is 18.0. The maximum Gasteiger partial charge on any atom is 0.318 e. The van der Waals surface area contributed by atoms with Crippen LogP contribution in [-0.4, -0.2) is 58.1 Å². The molecule has 2 fully saturated rings. The van der Waals surface area contributed by atoms with E-state index in [1.165, 1.54) is 0 Å². The van der Waals surface area contributed by atoms with Gasteiger partial charge in [0.25, 0.3) is 0 Å². The number of urea groups is 1. The van der Waals surface area contributed by atoms with Crippen molar-refractivity contribution >= 4 is 11.9 Å². The van der Waals surface area contributed by atoms with Crippen LogP contribution in [0, 0.1) is 13.8 Å². The van der Waals surface area contributed by atoms with Gasteiger partial charge < -0.3 is 15.1 Å². The van der Waals surface area contributed by atoms with Crippen LogP contribution in [0.5, 0.6) is 0 Å². The van der Waals surface area contributed by atoms with Crippen LogP contribution in [0.25, 0.3) is 0 Å². The van der Waals surface area contributed by atoms with Crippen LogP contribution in [0.15, 0.2) is 0 Å². The van der Waals surface area contributed by atoms with Crippen molar-refractivity contribution in [1.29, 1.82) is 0 Å². The molecule has 0 saturated carbocycles. The molecule has 7 nitrogen and oxygen atoms in total. The molecule has 0 radical (unpaired) electrons. The molecule has 0 spiro atoms. The van der Waals surface area contributed by atoms with Gasteiger partial charge in [0.1, 0.15) is 0 Å². The van der Waals surface area contributed by atoms with Gasteiger partial charge in [-0.05, 0) is 33.1 Å². The van der Waals surface area contributed by atoms with Gasteiger partial charge in [-0.15, -0.1) is 0 Å². The number of likely N-dealkylation sites (N-methyl/N-ethyl adjacent to an activating group) is 1. The first-order valence-electron chi connectivity index (χ1n) is 9.30. The Kier molecular flexibility index (Phi) is 5.30. The third kappa shape index (κ3) is 3.80. The molecule has 0 unspecified atom stereocenters. The number of likely N-dealkylation sites (tertiary alicyclic amines) is 2. The van der Waals surface area contributed by atoms with Crippen molar-refractivity contribution in [3.63, 3.8) is 0 Å². The number of carbonyl (C=O) groups is 2. The maximum absolute atomic E-state index is 13.0. The minimum absolute atomic E-state index is 0.0142. The van der Waals surface area contributed by atoms with Crippen molar-refractivity contribution in [3.8, 4) is 0 Å². The lowest BCUT2D eigenvalue weighted by Crippen LogP contribution is -2.52. The molecule has 2 N–H and O–H groups in total. The van der Waals surface area contributed by atoms with E-state index in [1.54, 1.807) is 11.9 Å². The minimum atomic E-state index is -0.0142. The van der Waals surface area contributed by atoms with E-state index in [-0.39, 0.29) is 24.0 Å². The van der Waals surface area contributed by atoms with E-state index < -0.39 is 0 Å². The van der Waals surface area contributed by atoms with Crippen LogP contribution in [-0.2, 0) is 4.79 Å². The van der Waals surface area contributed by atoms with Crippen molar-refractivity contribution in [2.45, 2.75) is 64.5 Å². The summed E-state index contributed by atoms with van der Waals surface area (Å²) < 4.78 is 0. The molecule has 0 aromatic carbocycles. The first-order valence-corrected chi connectivity index (χ1v) is 9.30. The SMILES string of the molecule is Cc1n[nH]c(C)c1[C@H]1CCCCCN1C(=O)N[C@@H]1CCC(=O)N(C)C1. The number of carbonyl (C=O) groups excluding carboxylic acids is 2. The highest BCUT2D eigenvalue weighted by Gasteiger charge is 2.32. The Morgan fingerprint density at radius 2 is 2.04 bits per heavy atom. The number of hydrogen-bond acceptors (Lipinski definition) is 3. The molecule has 2 atom stereocenters. The molecule has 138 valence electrons. The molecular formula is C18H29N5O2. The Bertz CT molecular complexity index is 622. The molecule has 2 aliphatic rings. The van der Waals surface area contributed by atoms with E-state index in [2.05, 4.69) is 15.5 Å². The topological polar surface area (TPSA) is 81.3 Å². The number of nitrogens with one attached hydrogen (secondary N) is 2. The van der Waals surface area contributed by atoms with E-state index in [9.17, 15) is 9.59 Å². The van der Waals surface area contributed by atoms with Crippen LogP contribution < -0.4 is 5.32 Å². The first-order chi connectivity index (χ1) is 12.0. The number of aromatic nitrogens is 2. The van der Waals surface area contributed by atoms with E-state index in [4.69, 9.17) is 0 Å². The fraction of sp³-hybridized carbons (Fsp3) is 0.722. The number of nitrogens with zero attached hydrogens (tertiary/aromatic N) is 3. The van der Waals surface area contributed by atoms with Crippen molar-refractivity contribution in [2.75, 3.05) is 20.1 Å². The molecule has 2 aliphatic heterocycles. The molecule has 2 saturated heterocycles. The van der Waals surface area contributed by atoms with Crippen LogP contribution in [0.4, 0.5) is 4.79 Å². The van der Waals surface area contributed by atoms with Crippen molar-refractivity contribution in [2.24, 2.45) is 0 Å². The second-order valence-corrected chi connectivity index (χ2v) is 7.37. The molecule has 3 heterocycles. The van der Waals surface area contributed by atoms with Gasteiger partial charge in [-0.25, -0.2) is 4.79 Å². The van der Waals surface area contributed by atoms with Crippen molar-refractivity contribution in [1.82, 2.24) is 25.3 Å². The Labute approximate surface area is 149 Å². The van der Waals surface area contributed by atoms with Gasteiger partial charge in [0.2, 0.25) is 5.91 Å². The molecule has 1 aromatic rings. The van der Waals surface area contributed by atoms with Gasteiger partial charge in [0.05, 0.1) is 11.7 Å². The predicted octanol–water partition coefficient (Wildman–Crippen LogP) is 2.27. The van der Waals surface area contributed by atoms with Crippen LogP contribution in [0.2, 0.25) is 0 Å². The summed E-state index contributed by atoms with van der Waals surface area (Å²) in [5, 5.41) is 10.5. The summed E-state index contributed by atoms with van der Waals surface area (Å²) in [6.45, 7) is 5.38. The first kappa shape index (κ1) is 17.8. The lowest BCUT2D eigenvalue weighted by molar-refractivity contribution is -0.132. The monoisotopic (exact) mass is 347 g/mol. The number of rotatable bonds is 2. The van der Waals surface area contributed by atoms with Gasteiger partial charge in [-0.2, -0.15) is 5.10 Å². The highest BCUT2D eigenvalue weighted by molar-refractivity contribution is 5.78. The van der Waals surface area contributed by atoms with E-state index in [0.717, 1.165) is 55.6 Å². The molecule has 0 bridgehead atoms. The zero-order valence-corrected chi connectivity index (χ0v) is 15.5. The summed E-state index contributed by atoms with van der Waals surface area (Å²) in [5.41, 5.74) is 3.18. The number of piperidine rings is 1. The van der Waals surface area contributed by atoms with Gasteiger partial charge >= 0.3 is 6.03 Å². The number of aryl methyl sites for hydroxylation is 2. The van der Waals surface area contributed by atoms with Gasteiger partial charge in [0.15, 0.2) is 0 Å². The summed E-state index contributed by atoms with van der Waals surface area (Å²) in [5.74, 6) is 0.155. The summed E-state index contributed by atoms with van der Waals surface area (Å²) in [4.78, 5) is 28.4. The number of hydrogen-bond donors (Lipinski definition) is 2. The number of H-pyrrole nitrogens is 1. The summed E-state index contributed by atoms with van der Waals surface area (Å²) in [6.07, 6.45) is 5.50. The molecular weight excluding hydrogens is 318 g/mol. The minimum Gasteiger partial charge on any atom is -0.344 e. The van der Waals surface area contributed by atoms with Crippen LogP contribution in [0.3, 0.4) is 0 Å². The van der Waals surface area contributed by atoms with Gasteiger partial charge in [0, 0.05) is 43.9 Å². The van der Waals surface area contributed by atoms with Gasteiger partial charge in [-0.3, -0.25) is 9.89 Å². The van der Waals surface area contributed by atoms with E-state index >= 15 is 0 Å². The normalized spacial score (nSPS) is 25.0. The highest BCUT2D eigenvalue weighted by atomic mass is 16.2. The second kappa shape index (κ2) is 7.45. The lowest BCUT2D eigenvalue weighted by Gasteiger charge is -2.35. The second-order valence-electron chi connectivity index (χ2n) is 7.37. The van der Waals surface area contributed by atoms with Crippen LogP contribution >= 0.6 is 0 Å². The standard InChI is InChI=1S/C18H29N5O2/c1-12-17(13(2)21-20-12)15-7-5-4-6-10-23(15)18(25)19-14-8-9-16(24)22(3)11-14/h14-15H,4-11H2,1-3H3,(H,19,25)(H,20,21)/t14-,15-/m1/s1. The summed E-state index contributed by atoms with van der Waals surface area (Å²) >= 11 is 0. The molecule has 7 heteroatoms. The third-order valence-corrected chi connectivity index (χ3v) is 5.49. The van der Waals surface area contributed by atoms with Crippen molar-refractivity contribution in [3.05, 3.63) is 17.0 Å². The summed E-state index contributed by atoms with van der Waals surface area (Å²) in [7, 11) is 1.80. The van der Waals surface area contributed by atoms with Gasteiger partial charge in [-0.1, -0.05) is 12.8 Å². The van der Waals surface area contributed by atoms with Crippen molar-refractivity contribution < 1.29 is 9.59 Å².